The third kappa shape index (κ3) is 9.15. The normalized spacial score (nSPS) is 11.7. The predicted octanol–water partition coefficient (Wildman–Crippen LogP) is 23.3. The molecule has 0 saturated carbocycles. The molecular formula is C90H59N9. The molecule has 99 heavy (non-hydrogen) atoms. The molecule has 8 heterocycles. The summed E-state index contributed by atoms with van der Waals surface area (Å²) in [4.78, 5) is 14.0. The number of benzene rings is 13. The van der Waals surface area contributed by atoms with Crippen LogP contribution in [0.15, 0.2) is 340 Å². The topological polar surface area (TPSA) is 59.7 Å². The molecule has 0 bridgehead atoms. The first kappa shape index (κ1) is 56.9. The van der Waals surface area contributed by atoms with Gasteiger partial charge in [0.2, 0.25) is 0 Å². The Balaban J connectivity index is 0.000000104. The van der Waals surface area contributed by atoms with E-state index in [2.05, 4.69) is 349 Å². The molecule has 0 aliphatic carbocycles. The number of hydrogen-bond acceptors (Lipinski definition) is 2. The second-order valence-corrected chi connectivity index (χ2v) is 25.2. The van der Waals surface area contributed by atoms with Crippen LogP contribution in [0.3, 0.4) is 0 Å². The van der Waals surface area contributed by atoms with Crippen LogP contribution in [0, 0.1) is 13.5 Å². The van der Waals surface area contributed by atoms with Gasteiger partial charge in [-0.25, -0.2) is 14.8 Å². The fourth-order valence-corrected chi connectivity index (χ4v) is 15.4. The Morgan fingerprint density at radius 2 is 0.444 bits per heavy atom. The molecule has 21 aromatic rings. The van der Waals surface area contributed by atoms with E-state index in [-0.39, 0.29) is 0 Å². The molecule has 9 heteroatoms. The highest BCUT2D eigenvalue weighted by molar-refractivity contribution is 6.14. The minimum absolute atomic E-state index is 0.641. The predicted molar refractivity (Wildman–Crippen MR) is 412 cm³/mol. The Hall–Kier alpha value is -13.6. The van der Waals surface area contributed by atoms with Crippen molar-refractivity contribution >= 4 is 137 Å². The smallest absolute Gasteiger partial charge is 0.188 e. The number of para-hydroxylation sites is 10. The van der Waals surface area contributed by atoms with Gasteiger partial charge < -0.3 is 9.13 Å². The number of aromatic nitrogens is 8. The molecule has 0 amide bonds. The number of hydrogen-bond donors (Lipinski definition) is 0. The summed E-state index contributed by atoms with van der Waals surface area (Å²) in [7, 11) is 0. The summed E-state index contributed by atoms with van der Waals surface area (Å²) in [5.41, 5.74) is 18.2. The molecule has 21 rings (SSSR count). The van der Waals surface area contributed by atoms with Crippen LogP contribution >= 0.6 is 0 Å². The van der Waals surface area contributed by atoms with E-state index in [1.165, 1.54) is 115 Å². The van der Waals surface area contributed by atoms with Gasteiger partial charge in [0.1, 0.15) is 23.3 Å². The van der Waals surface area contributed by atoms with Crippen LogP contribution in [-0.2, 0) is 0 Å². The molecule has 0 aliphatic heterocycles. The van der Waals surface area contributed by atoms with Crippen molar-refractivity contribution in [2.24, 2.45) is 0 Å². The van der Waals surface area contributed by atoms with Crippen molar-refractivity contribution in [3.63, 3.8) is 0 Å². The van der Waals surface area contributed by atoms with Crippen molar-refractivity contribution in [2.75, 3.05) is 0 Å². The SMILES string of the molecule is [C-]#[N+]c1ccc2c(c1)c1ccccc1n2-c1cccc(-n2c3ccccc3c3cc(C)ccc32)n1.c1cc(-n2c3ccccc3c3ccccc32)cc(-n2c3ccccc3c3ccccc32)c1.c1cc(-n2c3ccccc3c3ccccc32)nc(-n2c3ccccc3c3ccccc32)c1. The highest BCUT2D eigenvalue weighted by atomic mass is 15.2. The van der Waals surface area contributed by atoms with Crippen molar-refractivity contribution in [2.45, 2.75) is 6.92 Å². The standard InChI is InChI=1S/C31H20N4.C30H20N2.C29H19N3/c1-20-14-16-28-24(18-20)22-8-3-5-10-26(22)34(28)30-12-7-13-31(33-30)35-27-11-6-4-9-23(27)25-19-21(32-2)15-17-29(25)35;1-5-16-27-23(12-1)24-13-2-6-17-28(24)31(27)21-10-9-11-22(20-21)32-29-18-7-3-14-25(29)26-15-4-8-19-30(26)32;1-5-14-24-20(10-1)21-11-2-6-15-25(21)31(24)28-18-9-19-29(30-28)32-26-16-7-3-12-22(26)23-13-4-8-17-27(23)32/h3-19H,1H3;1-20H;1-19H. The summed E-state index contributed by atoms with van der Waals surface area (Å²) in [6.07, 6.45) is 0. The number of aryl methyl sites for hydroxylation is 1. The Bertz CT molecular complexity index is 6120. The summed E-state index contributed by atoms with van der Waals surface area (Å²) in [5, 5.41) is 14.7. The first-order chi connectivity index (χ1) is 49.0. The van der Waals surface area contributed by atoms with E-state index in [4.69, 9.17) is 16.5 Å². The van der Waals surface area contributed by atoms with Crippen LogP contribution in [-0.4, -0.2) is 37.4 Å². The van der Waals surface area contributed by atoms with Crippen LogP contribution in [0.1, 0.15) is 5.56 Å². The minimum Gasteiger partial charge on any atom is -0.309 e. The summed E-state index contributed by atoms with van der Waals surface area (Å²) in [6.45, 7) is 9.59. The molecule has 0 atom stereocenters. The Labute approximate surface area is 568 Å². The van der Waals surface area contributed by atoms with Crippen molar-refractivity contribution in [1.29, 1.82) is 0 Å². The molecular weight excluding hydrogens is 1210 g/mol. The van der Waals surface area contributed by atoms with Crippen LogP contribution in [0.25, 0.3) is 170 Å². The summed E-state index contributed by atoms with van der Waals surface area (Å²) in [5.74, 6) is 3.56. The van der Waals surface area contributed by atoms with Crippen molar-refractivity contribution in [3.05, 3.63) is 357 Å². The molecule has 0 aliphatic rings. The second-order valence-electron chi connectivity index (χ2n) is 25.2. The van der Waals surface area contributed by atoms with Crippen molar-refractivity contribution in [1.82, 2.24) is 37.4 Å². The molecule has 9 nitrogen and oxygen atoms in total. The Morgan fingerprint density at radius 3 is 0.737 bits per heavy atom. The van der Waals surface area contributed by atoms with Gasteiger partial charge >= 0.3 is 0 Å². The zero-order chi connectivity index (χ0) is 65.7. The van der Waals surface area contributed by atoms with E-state index in [9.17, 15) is 0 Å². The largest absolute Gasteiger partial charge is 0.309 e. The second kappa shape index (κ2) is 23.1. The van der Waals surface area contributed by atoms with E-state index in [0.29, 0.717) is 5.69 Å². The van der Waals surface area contributed by atoms with Crippen molar-refractivity contribution in [3.8, 4) is 34.6 Å². The van der Waals surface area contributed by atoms with Gasteiger partial charge in [0, 0.05) is 70.6 Å². The molecule has 0 unspecified atom stereocenters. The molecule has 464 valence electrons. The van der Waals surface area contributed by atoms with Crippen LogP contribution in [0.4, 0.5) is 5.69 Å². The average Bonchev–Trinajstić information content (AvgIpc) is 1.60. The zero-order valence-corrected chi connectivity index (χ0v) is 53.9. The van der Waals surface area contributed by atoms with Gasteiger partial charge in [-0.3, -0.25) is 18.3 Å². The summed E-state index contributed by atoms with van der Waals surface area (Å²) < 4.78 is 13.7. The monoisotopic (exact) mass is 1270 g/mol. The highest BCUT2D eigenvalue weighted by Gasteiger charge is 2.21. The zero-order valence-electron chi connectivity index (χ0n) is 53.9. The third-order valence-corrected chi connectivity index (χ3v) is 19.6. The van der Waals surface area contributed by atoms with E-state index >= 15 is 0 Å². The molecule has 0 radical (unpaired) electrons. The van der Waals surface area contributed by atoms with E-state index in [1.54, 1.807) is 0 Å². The fraction of sp³-hybridized carbons (Fsp3) is 0.0111. The Kier molecular flexibility index (Phi) is 13.3. The van der Waals surface area contributed by atoms with E-state index < -0.39 is 0 Å². The lowest BCUT2D eigenvalue weighted by Gasteiger charge is -2.12. The first-order valence-corrected chi connectivity index (χ1v) is 33.4. The van der Waals surface area contributed by atoms with Gasteiger partial charge in [-0.2, -0.15) is 0 Å². The number of nitrogens with zero attached hydrogens (tertiary/aromatic N) is 9. The van der Waals surface area contributed by atoms with Gasteiger partial charge in [0.15, 0.2) is 5.69 Å². The Morgan fingerprint density at radius 1 is 0.212 bits per heavy atom. The molecule has 0 N–H and O–H groups in total. The van der Waals surface area contributed by atoms with Gasteiger partial charge in [0.05, 0.1) is 72.8 Å². The molecule has 13 aromatic carbocycles. The van der Waals surface area contributed by atoms with Crippen LogP contribution in [0.2, 0.25) is 0 Å². The molecule has 8 aromatic heterocycles. The van der Waals surface area contributed by atoms with Crippen molar-refractivity contribution < 1.29 is 0 Å². The van der Waals surface area contributed by atoms with Gasteiger partial charge in [-0.05, 0) is 140 Å². The minimum atomic E-state index is 0.641. The lowest BCUT2D eigenvalue weighted by Crippen LogP contribution is -2.03. The summed E-state index contributed by atoms with van der Waals surface area (Å²) in [6, 6.07) is 119. The van der Waals surface area contributed by atoms with Gasteiger partial charge in [-0.1, -0.05) is 218 Å². The molecule has 0 spiro atoms. The van der Waals surface area contributed by atoms with Crippen LogP contribution in [0.5, 0.6) is 0 Å². The number of fused-ring (bicyclic) bond motifs is 18. The third-order valence-electron chi connectivity index (χ3n) is 19.6. The quantitative estimate of drug-likeness (QED) is 0.156. The number of pyridine rings is 2. The van der Waals surface area contributed by atoms with Gasteiger partial charge in [-0.15, -0.1) is 0 Å². The molecule has 0 fully saturated rings. The van der Waals surface area contributed by atoms with Crippen LogP contribution < -0.4 is 0 Å². The fourth-order valence-electron chi connectivity index (χ4n) is 15.4. The number of rotatable bonds is 6. The lowest BCUT2D eigenvalue weighted by molar-refractivity contribution is 1.01. The van der Waals surface area contributed by atoms with E-state index in [1.807, 2.05) is 30.3 Å². The van der Waals surface area contributed by atoms with E-state index in [0.717, 1.165) is 56.1 Å². The lowest BCUT2D eigenvalue weighted by atomic mass is 10.1. The van der Waals surface area contributed by atoms with Gasteiger partial charge in [0.25, 0.3) is 0 Å². The maximum Gasteiger partial charge on any atom is 0.188 e. The highest BCUT2D eigenvalue weighted by Crippen LogP contribution is 2.40. The maximum atomic E-state index is 7.45. The summed E-state index contributed by atoms with van der Waals surface area (Å²) >= 11 is 0. The average molecular weight is 1270 g/mol. The first-order valence-electron chi connectivity index (χ1n) is 33.4. The maximum absolute atomic E-state index is 7.45. The molecule has 0 saturated heterocycles.